The zero-order chi connectivity index (χ0) is 13.8. The Morgan fingerprint density at radius 2 is 2.21 bits per heavy atom. The number of aromatic nitrogens is 2. The van der Waals surface area contributed by atoms with Crippen molar-refractivity contribution >= 4 is 11.6 Å². The molecule has 0 saturated carbocycles. The minimum Gasteiger partial charge on any atom is -0.495 e. The number of hydrogen-bond acceptors (Lipinski definition) is 4. The van der Waals surface area contributed by atoms with Crippen molar-refractivity contribution in [2.45, 2.75) is 6.54 Å². The molecule has 0 radical (unpaired) electrons. The molecule has 2 aromatic rings. The monoisotopic (exact) mass is 279 g/mol. The Bertz CT molecular complexity index is 640. The van der Waals surface area contributed by atoms with Crippen molar-refractivity contribution in [3.8, 4) is 17.0 Å². The van der Waals surface area contributed by atoms with Gasteiger partial charge in [0.2, 0.25) is 0 Å². The molecule has 0 unspecified atom stereocenters. The normalized spacial score (nSPS) is 10.5. The standard InChI is InChI=1S/C13H14ClN3O2/c1-15-7-9-6-11(16-17-13(9)18)8-3-4-12(19-2)10(14)5-8/h3-6,15H,7H2,1-2H3,(H,17,18). The number of methoxy groups -OCH3 is 1. The van der Waals surface area contributed by atoms with Crippen LogP contribution in [0.4, 0.5) is 0 Å². The van der Waals surface area contributed by atoms with E-state index >= 15 is 0 Å². The van der Waals surface area contributed by atoms with Gasteiger partial charge in [0.1, 0.15) is 5.75 Å². The quantitative estimate of drug-likeness (QED) is 0.896. The minimum atomic E-state index is -0.197. The predicted molar refractivity (Wildman–Crippen MR) is 74.6 cm³/mol. The number of rotatable bonds is 4. The molecule has 2 rings (SSSR count). The van der Waals surface area contributed by atoms with Gasteiger partial charge in [-0.05, 0) is 31.3 Å². The molecule has 0 aliphatic rings. The van der Waals surface area contributed by atoms with Crippen molar-refractivity contribution in [2.24, 2.45) is 0 Å². The van der Waals surface area contributed by atoms with Crippen LogP contribution in [0.3, 0.4) is 0 Å². The Morgan fingerprint density at radius 1 is 1.42 bits per heavy atom. The molecule has 1 heterocycles. The van der Waals surface area contributed by atoms with Crippen molar-refractivity contribution in [2.75, 3.05) is 14.2 Å². The van der Waals surface area contributed by atoms with Gasteiger partial charge in [-0.2, -0.15) is 5.10 Å². The summed E-state index contributed by atoms with van der Waals surface area (Å²) < 4.78 is 5.10. The molecular weight excluding hydrogens is 266 g/mol. The smallest absolute Gasteiger partial charge is 0.268 e. The zero-order valence-electron chi connectivity index (χ0n) is 10.7. The van der Waals surface area contributed by atoms with Gasteiger partial charge in [-0.15, -0.1) is 0 Å². The fourth-order valence-electron chi connectivity index (χ4n) is 1.74. The van der Waals surface area contributed by atoms with E-state index in [1.165, 1.54) is 0 Å². The molecule has 1 aromatic heterocycles. The first-order valence-electron chi connectivity index (χ1n) is 5.73. The number of aromatic amines is 1. The Hall–Kier alpha value is -1.85. The van der Waals surface area contributed by atoms with Crippen LogP contribution >= 0.6 is 11.6 Å². The van der Waals surface area contributed by atoms with E-state index in [4.69, 9.17) is 16.3 Å². The summed E-state index contributed by atoms with van der Waals surface area (Å²) in [5.41, 5.74) is 1.91. The molecule has 0 aliphatic carbocycles. The highest BCUT2D eigenvalue weighted by Gasteiger charge is 2.07. The summed E-state index contributed by atoms with van der Waals surface area (Å²) in [5, 5.41) is 9.95. The van der Waals surface area contributed by atoms with Crippen LogP contribution in [0.5, 0.6) is 5.75 Å². The zero-order valence-corrected chi connectivity index (χ0v) is 11.4. The summed E-state index contributed by atoms with van der Waals surface area (Å²) in [5.74, 6) is 0.602. The van der Waals surface area contributed by atoms with Gasteiger partial charge >= 0.3 is 0 Å². The summed E-state index contributed by atoms with van der Waals surface area (Å²) in [4.78, 5) is 11.6. The summed E-state index contributed by atoms with van der Waals surface area (Å²) >= 11 is 6.07. The van der Waals surface area contributed by atoms with E-state index in [0.29, 0.717) is 28.6 Å². The van der Waals surface area contributed by atoms with E-state index < -0.39 is 0 Å². The summed E-state index contributed by atoms with van der Waals surface area (Å²) in [7, 11) is 3.34. The van der Waals surface area contributed by atoms with Crippen molar-refractivity contribution in [3.63, 3.8) is 0 Å². The number of ether oxygens (including phenoxy) is 1. The lowest BCUT2D eigenvalue weighted by atomic mass is 10.1. The predicted octanol–water partition coefficient (Wildman–Crippen LogP) is 1.82. The molecule has 0 fully saturated rings. The first-order valence-corrected chi connectivity index (χ1v) is 6.10. The Labute approximate surface area is 115 Å². The van der Waals surface area contributed by atoms with E-state index in [1.54, 1.807) is 32.4 Å². The third-order valence-electron chi connectivity index (χ3n) is 2.70. The molecule has 0 aliphatic heterocycles. The second-order valence-electron chi connectivity index (χ2n) is 3.99. The highest BCUT2D eigenvalue weighted by Crippen LogP contribution is 2.29. The van der Waals surface area contributed by atoms with Gasteiger partial charge < -0.3 is 10.1 Å². The molecule has 2 N–H and O–H groups in total. The summed E-state index contributed by atoms with van der Waals surface area (Å²) in [6.45, 7) is 0.481. The fourth-order valence-corrected chi connectivity index (χ4v) is 2.00. The molecule has 0 saturated heterocycles. The van der Waals surface area contributed by atoms with E-state index in [0.717, 1.165) is 5.56 Å². The van der Waals surface area contributed by atoms with Crippen LogP contribution in [0.1, 0.15) is 5.56 Å². The number of benzene rings is 1. The van der Waals surface area contributed by atoms with Crippen LogP contribution in [0.2, 0.25) is 5.02 Å². The lowest BCUT2D eigenvalue weighted by Gasteiger charge is -2.06. The second kappa shape index (κ2) is 5.86. The average Bonchev–Trinajstić information content (AvgIpc) is 2.41. The van der Waals surface area contributed by atoms with Gasteiger partial charge in [0.25, 0.3) is 5.56 Å². The molecule has 1 aromatic carbocycles. The molecule has 0 spiro atoms. The van der Waals surface area contributed by atoms with Crippen LogP contribution in [-0.2, 0) is 6.54 Å². The van der Waals surface area contributed by atoms with E-state index in [1.807, 2.05) is 6.07 Å². The Morgan fingerprint density at radius 3 is 2.84 bits per heavy atom. The number of nitrogens with one attached hydrogen (secondary N) is 2. The van der Waals surface area contributed by atoms with Crippen LogP contribution < -0.4 is 15.6 Å². The van der Waals surface area contributed by atoms with Crippen LogP contribution in [-0.4, -0.2) is 24.4 Å². The molecule has 5 nitrogen and oxygen atoms in total. The second-order valence-corrected chi connectivity index (χ2v) is 4.39. The Kier molecular flexibility index (Phi) is 4.19. The molecule has 0 amide bonds. The van der Waals surface area contributed by atoms with Gasteiger partial charge in [-0.3, -0.25) is 4.79 Å². The van der Waals surface area contributed by atoms with Gasteiger partial charge in [0.05, 0.1) is 17.8 Å². The van der Waals surface area contributed by atoms with Gasteiger partial charge in [0.15, 0.2) is 0 Å². The van der Waals surface area contributed by atoms with Crippen molar-refractivity contribution in [1.29, 1.82) is 0 Å². The van der Waals surface area contributed by atoms with Crippen molar-refractivity contribution in [1.82, 2.24) is 15.5 Å². The third kappa shape index (κ3) is 2.94. The minimum absolute atomic E-state index is 0.197. The molecule has 0 bridgehead atoms. The lowest BCUT2D eigenvalue weighted by molar-refractivity contribution is 0.415. The Balaban J connectivity index is 2.44. The van der Waals surface area contributed by atoms with Crippen molar-refractivity contribution in [3.05, 3.63) is 45.2 Å². The fraction of sp³-hybridized carbons (Fsp3) is 0.231. The maximum absolute atomic E-state index is 11.6. The number of halogens is 1. The van der Waals surface area contributed by atoms with Gasteiger partial charge in [-0.1, -0.05) is 11.6 Å². The molecule has 0 atom stereocenters. The lowest BCUT2D eigenvalue weighted by Crippen LogP contribution is -2.19. The van der Waals surface area contributed by atoms with Crippen LogP contribution in [0.25, 0.3) is 11.3 Å². The highest BCUT2D eigenvalue weighted by atomic mass is 35.5. The molecule has 100 valence electrons. The highest BCUT2D eigenvalue weighted by molar-refractivity contribution is 6.32. The molecule has 6 heteroatoms. The maximum atomic E-state index is 11.6. The molecule has 19 heavy (non-hydrogen) atoms. The van der Waals surface area contributed by atoms with E-state index in [-0.39, 0.29) is 5.56 Å². The summed E-state index contributed by atoms with van der Waals surface area (Å²) in [6.07, 6.45) is 0. The van der Waals surface area contributed by atoms with Gasteiger partial charge in [-0.25, -0.2) is 5.10 Å². The third-order valence-corrected chi connectivity index (χ3v) is 2.99. The van der Waals surface area contributed by atoms with E-state index in [2.05, 4.69) is 15.5 Å². The number of hydrogen-bond donors (Lipinski definition) is 2. The van der Waals surface area contributed by atoms with E-state index in [9.17, 15) is 4.79 Å². The largest absolute Gasteiger partial charge is 0.495 e. The number of nitrogens with zero attached hydrogens (tertiary/aromatic N) is 1. The topological polar surface area (TPSA) is 67.0 Å². The van der Waals surface area contributed by atoms with Crippen LogP contribution in [0.15, 0.2) is 29.1 Å². The first-order chi connectivity index (χ1) is 9.15. The maximum Gasteiger partial charge on any atom is 0.268 e. The van der Waals surface area contributed by atoms with Gasteiger partial charge in [0, 0.05) is 17.7 Å². The van der Waals surface area contributed by atoms with Crippen LogP contribution in [0, 0.1) is 0 Å². The summed E-state index contributed by atoms with van der Waals surface area (Å²) in [6, 6.07) is 7.11. The van der Waals surface area contributed by atoms with Crippen molar-refractivity contribution < 1.29 is 4.74 Å². The SMILES string of the molecule is CNCc1cc(-c2ccc(OC)c(Cl)c2)n[nH]c1=O. The number of H-pyrrole nitrogens is 1. The molecular formula is C13H14ClN3O2. The first kappa shape index (κ1) is 13.6. The average molecular weight is 280 g/mol.